The first-order chi connectivity index (χ1) is 7.20. The van der Waals surface area contributed by atoms with E-state index in [9.17, 15) is 0 Å². The SMILES string of the molecule is CCc1cccc(C)c1N(C)CCC#N. The Morgan fingerprint density at radius 1 is 1.40 bits per heavy atom. The molecule has 0 heterocycles. The Morgan fingerprint density at radius 3 is 2.73 bits per heavy atom. The highest BCUT2D eigenvalue weighted by Gasteiger charge is 2.08. The number of aryl methyl sites for hydroxylation is 2. The third kappa shape index (κ3) is 2.73. The van der Waals surface area contributed by atoms with Crippen LogP contribution in [-0.4, -0.2) is 13.6 Å². The molecule has 0 aromatic heterocycles. The van der Waals surface area contributed by atoms with Crippen molar-refractivity contribution in [2.75, 3.05) is 18.5 Å². The van der Waals surface area contributed by atoms with Gasteiger partial charge in [-0.15, -0.1) is 0 Å². The van der Waals surface area contributed by atoms with Crippen LogP contribution in [0.15, 0.2) is 18.2 Å². The minimum Gasteiger partial charge on any atom is -0.373 e. The van der Waals surface area contributed by atoms with Crippen LogP contribution in [0.4, 0.5) is 5.69 Å². The minimum atomic E-state index is 0.577. The predicted octanol–water partition coefficient (Wildman–Crippen LogP) is 2.91. The molecular formula is C13H18N2. The van der Waals surface area contributed by atoms with Gasteiger partial charge < -0.3 is 4.90 Å². The van der Waals surface area contributed by atoms with E-state index in [-0.39, 0.29) is 0 Å². The molecule has 1 aromatic rings. The second-order valence-electron chi connectivity index (χ2n) is 3.77. The number of hydrogen-bond acceptors (Lipinski definition) is 2. The number of nitrogens with zero attached hydrogens (tertiary/aromatic N) is 2. The standard InChI is InChI=1S/C13H18N2/c1-4-12-8-5-7-11(2)13(12)15(3)10-6-9-14/h5,7-8H,4,6,10H2,1-3H3. The van der Waals surface area contributed by atoms with Crippen molar-refractivity contribution < 1.29 is 0 Å². The summed E-state index contributed by atoms with van der Waals surface area (Å²) >= 11 is 0. The lowest BCUT2D eigenvalue weighted by Crippen LogP contribution is -2.20. The highest BCUT2D eigenvalue weighted by atomic mass is 15.1. The molecule has 0 aliphatic carbocycles. The van der Waals surface area contributed by atoms with Crippen LogP contribution >= 0.6 is 0 Å². The second-order valence-corrected chi connectivity index (χ2v) is 3.77. The molecule has 0 unspecified atom stereocenters. The molecule has 2 nitrogen and oxygen atoms in total. The topological polar surface area (TPSA) is 27.0 Å². The van der Waals surface area contributed by atoms with Crippen LogP contribution in [0.5, 0.6) is 0 Å². The normalized spacial score (nSPS) is 9.73. The van der Waals surface area contributed by atoms with Crippen LogP contribution in [-0.2, 0) is 6.42 Å². The average molecular weight is 202 g/mol. The highest BCUT2D eigenvalue weighted by molar-refractivity contribution is 5.58. The summed E-state index contributed by atoms with van der Waals surface area (Å²) in [6.45, 7) is 5.09. The quantitative estimate of drug-likeness (QED) is 0.750. The molecule has 0 atom stereocenters. The molecule has 80 valence electrons. The van der Waals surface area contributed by atoms with Crippen molar-refractivity contribution in [2.45, 2.75) is 26.7 Å². The van der Waals surface area contributed by atoms with Gasteiger partial charge >= 0.3 is 0 Å². The van der Waals surface area contributed by atoms with E-state index in [1.165, 1.54) is 16.8 Å². The van der Waals surface area contributed by atoms with E-state index >= 15 is 0 Å². The summed E-state index contributed by atoms with van der Waals surface area (Å²) in [6.07, 6.45) is 1.61. The van der Waals surface area contributed by atoms with Gasteiger partial charge in [0, 0.05) is 19.3 Å². The first-order valence-corrected chi connectivity index (χ1v) is 5.37. The molecule has 2 heteroatoms. The number of rotatable bonds is 4. The lowest BCUT2D eigenvalue weighted by Gasteiger charge is -2.23. The van der Waals surface area contributed by atoms with Crippen LogP contribution in [0.3, 0.4) is 0 Å². The van der Waals surface area contributed by atoms with Crippen LogP contribution < -0.4 is 4.90 Å². The van der Waals surface area contributed by atoms with Crippen molar-refractivity contribution in [3.8, 4) is 6.07 Å². The van der Waals surface area contributed by atoms with Crippen molar-refractivity contribution in [1.29, 1.82) is 5.26 Å². The molecule has 0 radical (unpaired) electrons. The second kappa shape index (κ2) is 5.41. The van der Waals surface area contributed by atoms with Gasteiger partial charge in [0.05, 0.1) is 12.5 Å². The largest absolute Gasteiger partial charge is 0.373 e. The fourth-order valence-corrected chi connectivity index (χ4v) is 1.88. The van der Waals surface area contributed by atoms with Crippen LogP contribution in [0.25, 0.3) is 0 Å². The van der Waals surface area contributed by atoms with Gasteiger partial charge in [-0.1, -0.05) is 25.1 Å². The Bertz CT molecular complexity index is 363. The summed E-state index contributed by atoms with van der Waals surface area (Å²) in [7, 11) is 2.05. The molecule has 0 saturated heterocycles. The molecule has 0 aliphatic heterocycles. The van der Waals surface area contributed by atoms with E-state index in [0.29, 0.717) is 6.42 Å². The first-order valence-electron chi connectivity index (χ1n) is 5.37. The monoisotopic (exact) mass is 202 g/mol. The molecule has 0 amide bonds. The molecule has 0 N–H and O–H groups in total. The molecule has 0 spiro atoms. The molecule has 1 aromatic carbocycles. The lowest BCUT2D eigenvalue weighted by atomic mass is 10.0. The van der Waals surface area contributed by atoms with Gasteiger partial charge in [0.1, 0.15) is 0 Å². The maximum atomic E-state index is 8.58. The van der Waals surface area contributed by atoms with E-state index < -0.39 is 0 Å². The van der Waals surface area contributed by atoms with Crippen molar-refractivity contribution in [3.05, 3.63) is 29.3 Å². The predicted molar refractivity (Wildman–Crippen MR) is 64.1 cm³/mol. The summed E-state index contributed by atoms with van der Waals surface area (Å²) in [5.41, 5.74) is 3.93. The van der Waals surface area contributed by atoms with Crippen LogP contribution in [0.2, 0.25) is 0 Å². The number of para-hydroxylation sites is 1. The fraction of sp³-hybridized carbons (Fsp3) is 0.462. The third-order valence-electron chi connectivity index (χ3n) is 2.64. The van der Waals surface area contributed by atoms with Crippen molar-refractivity contribution in [3.63, 3.8) is 0 Å². The molecule has 1 rings (SSSR count). The molecule has 0 saturated carbocycles. The zero-order valence-electron chi connectivity index (χ0n) is 9.75. The summed E-state index contributed by atoms with van der Waals surface area (Å²) in [5, 5.41) is 8.58. The molecule has 15 heavy (non-hydrogen) atoms. The lowest BCUT2D eigenvalue weighted by molar-refractivity contribution is 0.889. The summed E-state index contributed by atoms with van der Waals surface area (Å²) in [6, 6.07) is 8.56. The van der Waals surface area contributed by atoms with Crippen molar-refractivity contribution >= 4 is 5.69 Å². The molecule has 0 aliphatic rings. The molecular weight excluding hydrogens is 184 g/mol. The smallest absolute Gasteiger partial charge is 0.0640 e. The summed E-state index contributed by atoms with van der Waals surface area (Å²) in [5.74, 6) is 0. The summed E-state index contributed by atoms with van der Waals surface area (Å²) < 4.78 is 0. The summed E-state index contributed by atoms with van der Waals surface area (Å²) in [4.78, 5) is 2.18. The third-order valence-corrected chi connectivity index (χ3v) is 2.64. The Kier molecular flexibility index (Phi) is 4.17. The first kappa shape index (κ1) is 11.6. The number of hydrogen-bond donors (Lipinski definition) is 0. The van der Waals surface area contributed by atoms with Gasteiger partial charge in [-0.05, 0) is 24.5 Å². The van der Waals surface area contributed by atoms with Gasteiger partial charge in [-0.2, -0.15) is 5.26 Å². The number of anilines is 1. The van der Waals surface area contributed by atoms with Gasteiger partial charge in [0.25, 0.3) is 0 Å². The van der Waals surface area contributed by atoms with Crippen LogP contribution in [0, 0.1) is 18.3 Å². The van der Waals surface area contributed by atoms with Gasteiger partial charge in [0.2, 0.25) is 0 Å². The van der Waals surface area contributed by atoms with Crippen molar-refractivity contribution in [1.82, 2.24) is 0 Å². The Morgan fingerprint density at radius 2 is 2.13 bits per heavy atom. The van der Waals surface area contributed by atoms with Crippen LogP contribution in [0.1, 0.15) is 24.5 Å². The van der Waals surface area contributed by atoms with Gasteiger partial charge in [0.15, 0.2) is 0 Å². The maximum Gasteiger partial charge on any atom is 0.0640 e. The Labute approximate surface area is 92.1 Å². The van der Waals surface area contributed by atoms with E-state index in [0.717, 1.165) is 13.0 Å². The molecule has 0 fully saturated rings. The van der Waals surface area contributed by atoms with E-state index in [4.69, 9.17) is 5.26 Å². The van der Waals surface area contributed by atoms with Gasteiger partial charge in [-0.25, -0.2) is 0 Å². The average Bonchev–Trinajstić information content (AvgIpc) is 2.25. The Balaban J connectivity index is 2.96. The zero-order valence-corrected chi connectivity index (χ0v) is 9.75. The number of nitriles is 1. The molecule has 0 bridgehead atoms. The van der Waals surface area contributed by atoms with E-state index in [1.807, 2.05) is 0 Å². The highest BCUT2D eigenvalue weighted by Crippen LogP contribution is 2.24. The maximum absolute atomic E-state index is 8.58. The Hall–Kier alpha value is -1.49. The van der Waals surface area contributed by atoms with Gasteiger partial charge in [-0.3, -0.25) is 0 Å². The van der Waals surface area contributed by atoms with E-state index in [2.05, 4.69) is 50.1 Å². The van der Waals surface area contributed by atoms with E-state index in [1.54, 1.807) is 0 Å². The van der Waals surface area contributed by atoms with Crippen molar-refractivity contribution in [2.24, 2.45) is 0 Å². The fourth-order valence-electron chi connectivity index (χ4n) is 1.88. The minimum absolute atomic E-state index is 0.577. The zero-order chi connectivity index (χ0) is 11.3. The number of benzene rings is 1.